The van der Waals surface area contributed by atoms with E-state index in [2.05, 4.69) is 31.0 Å². The van der Waals surface area contributed by atoms with Crippen molar-refractivity contribution in [2.45, 2.75) is 129 Å². The van der Waals surface area contributed by atoms with Crippen LogP contribution in [0.4, 0.5) is 0 Å². The van der Waals surface area contributed by atoms with Crippen molar-refractivity contribution in [1.82, 2.24) is 0 Å². The number of guanidine groups is 1. The van der Waals surface area contributed by atoms with Gasteiger partial charge in [-0.2, -0.15) is 0 Å². The van der Waals surface area contributed by atoms with E-state index in [9.17, 15) is 9.90 Å². The molecule has 0 radical (unpaired) electrons. The number of carbonyl (C=O) groups excluding carboxylic acids is 1. The van der Waals surface area contributed by atoms with Crippen molar-refractivity contribution >= 4 is 11.7 Å². The van der Waals surface area contributed by atoms with E-state index in [-0.39, 0.29) is 35.4 Å². The number of benzene rings is 1. The second kappa shape index (κ2) is 19.0. The molecule has 0 amide bonds. The minimum atomic E-state index is 0.0821. The Labute approximate surface area is 260 Å². The van der Waals surface area contributed by atoms with E-state index >= 15 is 0 Å². The highest BCUT2D eigenvalue weighted by Gasteiger charge is 2.29. The minimum absolute atomic E-state index is 0.0821. The van der Waals surface area contributed by atoms with Crippen LogP contribution in [0.2, 0.25) is 0 Å². The van der Waals surface area contributed by atoms with Crippen LogP contribution in [0.15, 0.2) is 29.3 Å². The van der Waals surface area contributed by atoms with Gasteiger partial charge < -0.3 is 26.0 Å². The summed E-state index contributed by atoms with van der Waals surface area (Å²) < 4.78 is 12.1. The molecule has 1 aromatic rings. The first-order valence-corrected chi connectivity index (χ1v) is 17.0. The number of nitrogens with two attached hydrogens (primary N) is 2. The van der Waals surface area contributed by atoms with Crippen molar-refractivity contribution < 1.29 is 19.4 Å². The van der Waals surface area contributed by atoms with Crippen molar-refractivity contribution in [1.29, 1.82) is 0 Å². The Bertz CT molecular complexity index is 1020. The highest BCUT2D eigenvalue weighted by Crippen LogP contribution is 2.44. The quantitative estimate of drug-likeness (QED) is 0.0617. The lowest BCUT2D eigenvalue weighted by molar-refractivity contribution is -0.114. The molecule has 7 nitrogen and oxygen atoms in total. The van der Waals surface area contributed by atoms with E-state index in [1.165, 1.54) is 32.1 Å². The minimum Gasteiger partial charge on any atom is -0.504 e. The Hall–Kier alpha value is -2.54. The first kappa shape index (κ1) is 34.9. The van der Waals surface area contributed by atoms with Crippen LogP contribution in [-0.4, -0.2) is 43.2 Å². The molecule has 2 saturated carbocycles. The third-order valence-electron chi connectivity index (χ3n) is 9.37. The maximum Gasteiger partial charge on any atom is 0.185 e. The van der Waals surface area contributed by atoms with E-state index in [0.717, 1.165) is 74.8 Å². The predicted molar refractivity (Wildman–Crippen MR) is 177 cm³/mol. The number of rotatable bonds is 20. The number of hydrogen-bond acceptors (Lipinski definition) is 5. The van der Waals surface area contributed by atoms with Gasteiger partial charge in [-0.15, -0.1) is 0 Å². The van der Waals surface area contributed by atoms with Gasteiger partial charge in [0.15, 0.2) is 23.2 Å². The van der Waals surface area contributed by atoms with E-state index in [1.807, 2.05) is 6.07 Å². The lowest BCUT2D eigenvalue weighted by atomic mass is 9.78. The van der Waals surface area contributed by atoms with Gasteiger partial charge in [-0.05, 0) is 106 Å². The van der Waals surface area contributed by atoms with Crippen molar-refractivity contribution in [3.8, 4) is 11.5 Å². The molecule has 0 heterocycles. The highest BCUT2D eigenvalue weighted by atomic mass is 16.5. The summed E-state index contributed by atoms with van der Waals surface area (Å²) in [5.41, 5.74) is 13.1. The fraction of sp³-hybridized carbons (Fsp3) is 0.722. The fourth-order valence-corrected chi connectivity index (χ4v) is 6.92. The molecule has 0 spiro atoms. The average molecular weight is 598 g/mol. The van der Waals surface area contributed by atoms with Gasteiger partial charge in [0.25, 0.3) is 0 Å². The zero-order valence-electron chi connectivity index (χ0n) is 27.2. The number of ether oxygens (including phenoxy) is 2. The summed E-state index contributed by atoms with van der Waals surface area (Å²) in [6.45, 7) is 5.62. The Morgan fingerprint density at radius 3 is 2.47 bits per heavy atom. The molecule has 0 aliphatic heterocycles. The summed E-state index contributed by atoms with van der Waals surface area (Å²) in [7, 11) is 1.74. The monoisotopic (exact) mass is 597 g/mol. The summed E-state index contributed by atoms with van der Waals surface area (Å²) >= 11 is 0. The molecule has 7 heteroatoms. The number of aliphatic imine (C=N–C) groups is 1. The lowest BCUT2D eigenvalue weighted by Crippen LogP contribution is -2.23. The number of allylic oxidation sites excluding steroid dienone is 2. The number of carbonyl (C=O) groups is 1. The predicted octanol–water partition coefficient (Wildman–Crippen LogP) is 7.58. The summed E-state index contributed by atoms with van der Waals surface area (Å²) in [6, 6.07) is 4.09. The molecule has 1 aromatic carbocycles. The maximum atomic E-state index is 12.8. The van der Waals surface area contributed by atoms with Gasteiger partial charge in [0.2, 0.25) is 0 Å². The Morgan fingerprint density at radius 2 is 1.79 bits per heavy atom. The normalized spacial score (nSPS) is 17.6. The molecule has 0 bridgehead atoms. The van der Waals surface area contributed by atoms with Gasteiger partial charge in [-0.3, -0.25) is 9.79 Å². The number of phenols is 1. The molecule has 2 aliphatic carbocycles. The molecule has 3 rings (SSSR count). The van der Waals surface area contributed by atoms with Gasteiger partial charge in [0.05, 0.1) is 6.10 Å². The zero-order chi connectivity index (χ0) is 31.0. The number of hydrogen-bond donors (Lipinski definition) is 3. The van der Waals surface area contributed by atoms with Gasteiger partial charge in [0.1, 0.15) is 0 Å². The first-order valence-electron chi connectivity index (χ1n) is 17.0. The number of aryl methyl sites for hydroxylation is 1. The zero-order valence-corrected chi connectivity index (χ0v) is 27.2. The highest BCUT2D eigenvalue weighted by molar-refractivity contribution is 5.89. The molecule has 0 saturated heterocycles. The Balaban J connectivity index is 1.81. The van der Waals surface area contributed by atoms with E-state index in [0.29, 0.717) is 37.7 Å². The summed E-state index contributed by atoms with van der Waals surface area (Å²) in [5, 5.41) is 11.7. The largest absolute Gasteiger partial charge is 0.504 e. The third kappa shape index (κ3) is 12.5. The van der Waals surface area contributed by atoms with Crippen LogP contribution in [0, 0.1) is 17.8 Å². The summed E-state index contributed by atoms with van der Waals surface area (Å²) in [5.74, 6) is 2.71. The first-order chi connectivity index (χ1) is 20.8. The molecule has 43 heavy (non-hydrogen) atoms. The SMILES string of the molecule is COCC(CCCN=C(N)N)C(CCC(C)C)c1cc(CCC(=O)C=CCCC2CCCC2)cc(OC2CCCC2)c1O. The summed E-state index contributed by atoms with van der Waals surface area (Å²) in [6.07, 6.45) is 20.6. The number of nitrogens with zero attached hydrogens (tertiary/aromatic N) is 1. The Morgan fingerprint density at radius 1 is 1.07 bits per heavy atom. The average Bonchev–Trinajstić information content (AvgIpc) is 3.69. The van der Waals surface area contributed by atoms with Crippen LogP contribution in [-0.2, 0) is 16.0 Å². The number of methoxy groups -OCH3 is 1. The van der Waals surface area contributed by atoms with Gasteiger partial charge in [-0.25, -0.2) is 0 Å². The van der Waals surface area contributed by atoms with Gasteiger partial charge in [-0.1, -0.05) is 58.1 Å². The van der Waals surface area contributed by atoms with Crippen LogP contribution in [0.1, 0.15) is 127 Å². The van der Waals surface area contributed by atoms with E-state index < -0.39 is 0 Å². The lowest BCUT2D eigenvalue weighted by Gasteiger charge is -2.30. The van der Waals surface area contributed by atoms with Crippen molar-refractivity contribution in [3.63, 3.8) is 0 Å². The fourth-order valence-electron chi connectivity index (χ4n) is 6.92. The Kier molecular flexibility index (Phi) is 15.4. The number of ketones is 1. The van der Waals surface area contributed by atoms with Crippen LogP contribution < -0.4 is 16.2 Å². The van der Waals surface area contributed by atoms with E-state index in [4.69, 9.17) is 20.9 Å². The molecule has 5 N–H and O–H groups in total. The summed E-state index contributed by atoms with van der Waals surface area (Å²) in [4.78, 5) is 17.0. The van der Waals surface area contributed by atoms with Gasteiger partial charge in [0, 0.05) is 32.2 Å². The molecule has 2 fully saturated rings. The standard InChI is InChI=1S/C36H59N3O4/c1-26(2)18-21-32(29(25-42-3)14-10-22-39-36(37)38)33-23-28(24-34(35(33)41)43-31-16-8-9-17-31)19-20-30(40)15-7-6-13-27-11-4-5-12-27/h7,15,23-24,26-27,29,31-32,41H,4-6,8-14,16-22,25H2,1-3H3,(H4,37,38,39). The molecular weight excluding hydrogens is 538 g/mol. The number of aromatic hydroxyl groups is 1. The maximum absolute atomic E-state index is 12.8. The second-order valence-electron chi connectivity index (χ2n) is 13.4. The topological polar surface area (TPSA) is 120 Å². The van der Waals surface area contributed by atoms with Gasteiger partial charge >= 0.3 is 0 Å². The van der Waals surface area contributed by atoms with Crippen molar-refractivity contribution in [2.75, 3.05) is 20.3 Å². The van der Waals surface area contributed by atoms with Crippen LogP contribution in [0.3, 0.4) is 0 Å². The van der Waals surface area contributed by atoms with Crippen LogP contribution in [0.5, 0.6) is 11.5 Å². The molecule has 2 unspecified atom stereocenters. The molecule has 2 atom stereocenters. The molecule has 0 aromatic heterocycles. The number of phenolic OH excluding ortho intramolecular Hbond substituents is 1. The van der Waals surface area contributed by atoms with Crippen molar-refractivity contribution in [2.24, 2.45) is 34.2 Å². The van der Waals surface area contributed by atoms with E-state index in [1.54, 1.807) is 13.2 Å². The van der Waals surface area contributed by atoms with Crippen LogP contribution in [0.25, 0.3) is 0 Å². The van der Waals surface area contributed by atoms with Crippen LogP contribution >= 0.6 is 0 Å². The molecule has 242 valence electrons. The second-order valence-corrected chi connectivity index (χ2v) is 13.4. The van der Waals surface area contributed by atoms with Crippen molar-refractivity contribution in [3.05, 3.63) is 35.4 Å². The third-order valence-corrected chi connectivity index (χ3v) is 9.37. The molecular formula is C36H59N3O4. The molecule has 2 aliphatic rings. The smallest absolute Gasteiger partial charge is 0.185 e.